The predicted molar refractivity (Wildman–Crippen MR) is 123 cm³/mol. The monoisotopic (exact) mass is 492 g/mol. The minimum atomic E-state index is -4.88. The van der Waals surface area contributed by atoms with Gasteiger partial charge in [0.25, 0.3) is 11.5 Å². The van der Waals surface area contributed by atoms with Gasteiger partial charge in [0.15, 0.2) is 5.69 Å². The lowest BCUT2D eigenvalue weighted by atomic mass is 10.1. The molecule has 0 spiro atoms. The van der Waals surface area contributed by atoms with Gasteiger partial charge >= 0.3 is 12.1 Å². The summed E-state index contributed by atoms with van der Waals surface area (Å²) in [5.74, 6) is -1.44. The SMILES string of the molecule is COCCCN(C(=O)c1ccc(OC(F)(F)F)cc1)c1c(N)n(Cc2ccccc2)c(=O)[nH]c1=O. The van der Waals surface area contributed by atoms with Crippen LogP contribution < -0.4 is 26.6 Å². The summed E-state index contributed by atoms with van der Waals surface area (Å²) >= 11 is 0. The Morgan fingerprint density at radius 3 is 2.34 bits per heavy atom. The first-order valence-electron chi connectivity index (χ1n) is 10.4. The molecule has 3 N–H and O–H groups in total. The second-order valence-electron chi connectivity index (χ2n) is 7.44. The molecule has 1 heterocycles. The van der Waals surface area contributed by atoms with Gasteiger partial charge in [0.2, 0.25) is 0 Å². The van der Waals surface area contributed by atoms with E-state index < -0.39 is 29.3 Å². The van der Waals surface area contributed by atoms with Crippen LogP contribution in [0, 0.1) is 0 Å². The number of anilines is 2. The van der Waals surface area contributed by atoms with Gasteiger partial charge in [0.1, 0.15) is 11.6 Å². The highest BCUT2D eigenvalue weighted by Gasteiger charge is 2.31. The smallest absolute Gasteiger partial charge is 0.406 e. The Labute approximate surface area is 197 Å². The van der Waals surface area contributed by atoms with Crippen LogP contribution in [-0.4, -0.2) is 42.1 Å². The number of carbonyl (C=O) groups excluding carboxylic acids is 1. The normalized spacial score (nSPS) is 11.3. The Morgan fingerprint density at radius 2 is 1.74 bits per heavy atom. The van der Waals surface area contributed by atoms with Crippen molar-refractivity contribution in [2.24, 2.45) is 0 Å². The summed E-state index contributed by atoms with van der Waals surface area (Å²) in [5, 5.41) is 0. The summed E-state index contributed by atoms with van der Waals surface area (Å²) in [7, 11) is 1.47. The highest BCUT2D eigenvalue weighted by Crippen LogP contribution is 2.25. The molecule has 3 rings (SSSR count). The van der Waals surface area contributed by atoms with Crippen molar-refractivity contribution < 1.29 is 27.4 Å². The number of nitrogen functional groups attached to an aromatic ring is 1. The number of nitrogens with zero attached hydrogens (tertiary/aromatic N) is 2. The van der Waals surface area contributed by atoms with Crippen LogP contribution in [0.2, 0.25) is 0 Å². The molecular formula is C23H23F3N4O5. The molecule has 1 amide bonds. The van der Waals surface area contributed by atoms with Crippen molar-refractivity contribution in [3.05, 3.63) is 86.6 Å². The average molecular weight is 492 g/mol. The van der Waals surface area contributed by atoms with Crippen molar-refractivity contribution in [3.63, 3.8) is 0 Å². The molecule has 0 aliphatic heterocycles. The number of hydrogen-bond acceptors (Lipinski definition) is 6. The molecule has 1 aromatic heterocycles. The van der Waals surface area contributed by atoms with Crippen molar-refractivity contribution in [3.8, 4) is 5.75 Å². The number of nitrogens with one attached hydrogen (secondary N) is 1. The minimum absolute atomic E-state index is 0.00963. The van der Waals surface area contributed by atoms with E-state index in [4.69, 9.17) is 10.5 Å². The Balaban J connectivity index is 2.02. The van der Waals surface area contributed by atoms with Gasteiger partial charge in [-0.25, -0.2) is 4.79 Å². The van der Waals surface area contributed by atoms with Crippen LogP contribution in [0.25, 0.3) is 0 Å². The van der Waals surface area contributed by atoms with Crippen LogP contribution >= 0.6 is 0 Å². The lowest BCUT2D eigenvalue weighted by molar-refractivity contribution is -0.274. The van der Waals surface area contributed by atoms with Crippen LogP contribution in [0.3, 0.4) is 0 Å². The van der Waals surface area contributed by atoms with Crippen LogP contribution in [0.5, 0.6) is 5.75 Å². The van der Waals surface area contributed by atoms with E-state index in [1.165, 1.54) is 7.11 Å². The van der Waals surface area contributed by atoms with E-state index in [9.17, 15) is 27.6 Å². The van der Waals surface area contributed by atoms with Crippen LogP contribution in [0.4, 0.5) is 24.7 Å². The number of nitrogens with two attached hydrogens (primary N) is 1. The van der Waals surface area contributed by atoms with Crippen molar-refractivity contribution in [1.82, 2.24) is 9.55 Å². The highest BCUT2D eigenvalue weighted by atomic mass is 19.4. The number of halogens is 3. The number of ether oxygens (including phenoxy) is 2. The summed E-state index contributed by atoms with van der Waals surface area (Å²) in [4.78, 5) is 41.8. The maximum atomic E-state index is 13.3. The second kappa shape index (κ2) is 10.9. The standard InChI is InChI=1S/C23H23F3N4O5/c1-34-13-5-12-29(21(32)16-8-10-17(11-9-16)35-23(24,25)26)18-19(27)30(22(33)28-20(18)31)14-15-6-3-2-4-7-15/h2-4,6-11H,5,12-14,27H2,1H3,(H,28,31,33). The molecule has 0 aliphatic carbocycles. The molecule has 0 saturated carbocycles. The number of rotatable bonds is 9. The molecule has 0 radical (unpaired) electrons. The van der Waals surface area contributed by atoms with Crippen LogP contribution in [0.15, 0.2) is 64.2 Å². The molecule has 0 saturated heterocycles. The molecule has 0 unspecified atom stereocenters. The van der Waals surface area contributed by atoms with E-state index in [-0.39, 0.29) is 36.8 Å². The quantitative estimate of drug-likeness (QED) is 0.444. The summed E-state index contributed by atoms with van der Waals surface area (Å²) in [5.41, 5.74) is 5.06. The van der Waals surface area contributed by atoms with Gasteiger partial charge in [0, 0.05) is 25.8 Å². The average Bonchev–Trinajstić information content (AvgIpc) is 2.80. The molecule has 0 bridgehead atoms. The number of benzene rings is 2. The van der Waals surface area contributed by atoms with Gasteiger partial charge in [-0.3, -0.25) is 19.1 Å². The number of H-pyrrole nitrogens is 1. The molecular weight excluding hydrogens is 469 g/mol. The van der Waals surface area contributed by atoms with Gasteiger partial charge in [-0.2, -0.15) is 0 Å². The third kappa shape index (κ3) is 6.51. The molecule has 2 aromatic carbocycles. The summed E-state index contributed by atoms with van der Waals surface area (Å²) in [6.07, 6.45) is -4.57. The van der Waals surface area contributed by atoms with E-state index in [1.54, 1.807) is 30.3 Å². The maximum Gasteiger partial charge on any atom is 0.573 e. The summed E-state index contributed by atoms with van der Waals surface area (Å²) in [6, 6.07) is 13.1. The zero-order valence-electron chi connectivity index (χ0n) is 18.7. The molecule has 0 atom stereocenters. The molecule has 186 valence electrons. The predicted octanol–water partition coefficient (Wildman–Crippen LogP) is 2.75. The number of methoxy groups -OCH3 is 1. The Kier molecular flexibility index (Phi) is 7.97. The number of carbonyl (C=O) groups is 1. The van der Waals surface area contributed by atoms with E-state index in [2.05, 4.69) is 9.72 Å². The highest BCUT2D eigenvalue weighted by molar-refractivity contribution is 6.07. The Hall–Kier alpha value is -4.06. The van der Waals surface area contributed by atoms with Crippen molar-refractivity contribution in [1.29, 1.82) is 0 Å². The fraction of sp³-hybridized carbons (Fsp3) is 0.261. The van der Waals surface area contributed by atoms with Gasteiger partial charge in [-0.15, -0.1) is 13.2 Å². The zero-order chi connectivity index (χ0) is 25.6. The first kappa shape index (κ1) is 25.6. The Bertz CT molecular complexity index is 1270. The van der Waals surface area contributed by atoms with Crippen LogP contribution in [0.1, 0.15) is 22.3 Å². The second-order valence-corrected chi connectivity index (χ2v) is 7.44. The third-order valence-corrected chi connectivity index (χ3v) is 4.98. The van der Waals surface area contributed by atoms with Crippen LogP contribution in [-0.2, 0) is 11.3 Å². The van der Waals surface area contributed by atoms with Crippen molar-refractivity contribution in [2.45, 2.75) is 19.3 Å². The lowest BCUT2D eigenvalue weighted by Crippen LogP contribution is -2.42. The fourth-order valence-electron chi connectivity index (χ4n) is 3.40. The van der Waals surface area contributed by atoms with Gasteiger partial charge in [-0.05, 0) is 36.2 Å². The Morgan fingerprint density at radius 1 is 1.09 bits per heavy atom. The van der Waals surface area contributed by atoms with E-state index in [0.29, 0.717) is 6.42 Å². The largest absolute Gasteiger partial charge is 0.573 e. The lowest BCUT2D eigenvalue weighted by Gasteiger charge is -2.25. The summed E-state index contributed by atoms with van der Waals surface area (Å²) in [6.45, 7) is 0.284. The number of amides is 1. The summed E-state index contributed by atoms with van der Waals surface area (Å²) < 4.78 is 47.3. The number of alkyl halides is 3. The molecule has 12 heteroatoms. The van der Waals surface area contributed by atoms with Gasteiger partial charge < -0.3 is 20.1 Å². The minimum Gasteiger partial charge on any atom is -0.406 e. The number of hydrogen-bond donors (Lipinski definition) is 2. The maximum absolute atomic E-state index is 13.3. The third-order valence-electron chi connectivity index (χ3n) is 4.98. The first-order valence-corrected chi connectivity index (χ1v) is 10.4. The van der Waals surface area contributed by atoms with E-state index >= 15 is 0 Å². The molecule has 35 heavy (non-hydrogen) atoms. The zero-order valence-corrected chi connectivity index (χ0v) is 18.7. The number of aromatic nitrogens is 2. The topological polar surface area (TPSA) is 120 Å². The molecule has 0 fully saturated rings. The first-order chi connectivity index (χ1) is 16.6. The van der Waals surface area contributed by atoms with Crippen molar-refractivity contribution >= 4 is 17.4 Å². The van der Waals surface area contributed by atoms with Gasteiger partial charge in [0.05, 0.1) is 6.54 Å². The van der Waals surface area contributed by atoms with E-state index in [0.717, 1.165) is 39.3 Å². The number of aromatic amines is 1. The molecule has 0 aliphatic rings. The van der Waals surface area contributed by atoms with E-state index in [1.807, 2.05) is 0 Å². The van der Waals surface area contributed by atoms with Crippen molar-refractivity contribution in [2.75, 3.05) is 30.9 Å². The van der Waals surface area contributed by atoms with Gasteiger partial charge in [-0.1, -0.05) is 30.3 Å². The fourth-order valence-corrected chi connectivity index (χ4v) is 3.40. The molecule has 3 aromatic rings. The molecule has 9 nitrogen and oxygen atoms in total.